The van der Waals surface area contributed by atoms with E-state index in [0.29, 0.717) is 0 Å². The normalized spacial score (nSPS) is 12.6. The molecule has 1 unspecified atom stereocenters. The zero-order valence-corrected chi connectivity index (χ0v) is 11.0. The van der Waals surface area contributed by atoms with Crippen LogP contribution in [-0.4, -0.2) is 19.6 Å². The van der Waals surface area contributed by atoms with Crippen LogP contribution in [0.2, 0.25) is 0 Å². The van der Waals surface area contributed by atoms with E-state index in [1.807, 2.05) is 0 Å². The van der Waals surface area contributed by atoms with E-state index < -0.39 is 0 Å². The molecule has 1 aromatic carbocycles. The number of rotatable bonds is 5. The minimum atomic E-state index is 0.274. The number of nitrogens with two attached hydrogens (primary N) is 1. The summed E-state index contributed by atoms with van der Waals surface area (Å²) in [5, 5.41) is 0. The number of nitrogens with zero attached hydrogens (tertiary/aromatic N) is 1. The second-order valence-corrected chi connectivity index (χ2v) is 4.78. The molecule has 0 saturated heterocycles. The van der Waals surface area contributed by atoms with Crippen LogP contribution in [0.1, 0.15) is 30.9 Å². The van der Waals surface area contributed by atoms with Crippen molar-refractivity contribution >= 4 is 5.69 Å². The summed E-state index contributed by atoms with van der Waals surface area (Å²) in [6, 6.07) is 6.90. The molecule has 0 bridgehead atoms. The second-order valence-electron chi connectivity index (χ2n) is 4.78. The van der Waals surface area contributed by atoms with Gasteiger partial charge in [0.1, 0.15) is 0 Å². The SMILES string of the molecule is CCCC(N)CN(C)c1cc(C)cc(C)c1. The summed E-state index contributed by atoms with van der Waals surface area (Å²) in [6.07, 6.45) is 2.25. The molecule has 0 aliphatic rings. The maximum Gasteiger partial charge on any atom is 0.0369 e. The average Bonchev–Trinajstić information content (AvgIpc) is 2.16. The van der Waals surface area contributed by atoms with Crippen molar-refractivity contribution in [1.82, 2.24) is 0 Å². The lowest BCUT2D eigenvalue weighted by Gasteiger charge is -2.24. The van der Waals surface area contributed by atoms with Crippen molar-refractivity contribution in [3.63, 3.8) is 0 Å². The molecule has 1 rings (SSSR count). The largest absolute Gasteiger partial charge is 0.373 e. The van der Waals surface area contributed by atoms with Crippen molar-refractivity contribution < 1.29 is 0 Å². The van der Waals surface area contributed by atoms with Gasteiger partial charge in [0, 0.05) is 25.3 Å². The van der Waals surface area contributed by atoms with Crippen LogP contribution < -0.4 is 10.6 Å². The number of likely N-dealkylation sites (N-methyl/N-ethyl adjacent to an activating group) is 1. The van der Waals surface area contributed by atoms with Crippen LogP contribution in [0.25, 0.3) is 0 Å². The van der Waals surface area contributed by atoms with Gasteiger partial charge in [-0.1, -0.05) is 19.4 Å². The summed E-state index contributed by atoms with van der Waals surface area (Å²) in [5.41, 5.74) is 9.95. The fourth-order valence-electron chi connectivity index (χ4n) is 2.09. The molecule has 2 nitrogen and oxygen atoms in total. The Morgan fingerprint density at radius 2 is 1.75 bits per heavy atom. The van der Waals surface area contributed by atoms with Crippen molar-refractivity contribution in [1.29, 1.82) is 0 Å². The van der Waals surface area contributed by atoms with E-state index in [0.717, 1.165) is 19.4 Å². The van der Waals surface area contributed by atoms with Crippen molar-refractivity contribution in [2.24, 2.45) is 5.73 Å². The summed E-state index contributed by atoms with van der Waals surface area (Å²) in [4.78, 5) is 2.25. The van der Waals surface area contributed by atoms with Crippen LogP contribution in [-0.2, 0) is 0 Å². The summed E-state index contributed by atoms with van der Waals surface area (Å²) in [5.74, 6) is 0. The fraction of sp³-hybridized carbons (Fsp3) is 0.571. The van der Waals surface area contributed by atoms with E-state index in [-0.39, 0.29) is 6.04 Å². The van der Waals surface area contributed by atoms with Gasteiger partial charge in [-0.05, 0) is 43.5 Å². The van der Waals surface area contributed by atoms with Crippen molar-refractivity contribution in [3.05, 3.63) is 29.3 Å². The van der Waals surface area contributed by atoms with Crippen LogP contribution in [0, 0.1) is 13.8 Å². The summed E-state index contributed by atoms with van der Waals surface area (Å²) >= 11 is 0. The molecule has 0 aromatic heterocycles. The highest BCUT2D eigenvalue weighted by atomic mass is 15.1. The minimum Gasteiger partial charge on any atom is -0.373 e. The topological polar surface area (TPSA) is 29.3 Å². The molecule has 2 heteroatoms. The highest BCUT2D eigenvalue weighted by molar-refractivity contribution is 5.50. The maximum absolute atomic E-state index is 6.06. The molecule has 0 aliphatic carbocycles. The third-order valence-electron chi connectivity index (χ3n) is 2.82. The van der Waals surface area contributed by atoms with Crippen molar-refractivity contribution in [2.75, 3.05) is 18.5 Å². The monoisotopic (exact) mass is 220 g/mol. The molecule has 2 N–H and O–H groups in total. The third kappa shape index (κ3) is 3.86. The predicted molar refractivity (Wildman–Crippen MR) is 72.1 cm³/mol. The van der Waals surface area contributed by atoms with E-state index in [1.54, 1.807) is 0 Å². The molecule has 0 saturated carbocycles. The van der Waals surface area contributed by atoms with Crippen LogP contribution >= 0.6 is 0 Å². The molecule has 1 aromatic rings. The summed E-state index contributed by atoms with van der Waals surface area (Å²) in [6.45, 7) is 7.38. The number of hydrogen-bond acceptors (Lipinski definition) is 2. The van der Waals surface area contributed by atoms with E-state index >= 15 is 0 Å². The molecule has 0 heterocycles. The zero-order chi connectivity index (χ0) is 12.1. The Labute approximate surface area is 99.5 Å². The van der Waals surface area contributed by atoms with Gasteiger partial charge in [-0.15, -0.1) is 0 Å². The average molecular weight is 220 g/mol. The van der Waals surface area contributed by atoms with Crippen LogP contribution in [0.15, 0.2) is 18.2 Å². The van der Waals surface area contributed by atoms with Gasteiger partial charge in [0.25, 0.3) is 0 Å². The molecule has 1 atom stereocenters. The Hall–Kier alpha value is -1.02. The van der Waals surface area contributed by atoms with Crippen LogP contribution in [0.4, 0.5) is 5.69 Å². The fourth-order valence-corrected chi connectivity index (χ4v) is 2.09. The van der Waals surface area contributed by atoms with E-state index in [2.05, 4.69) is 50.9 Å². The third-order valence-corrected chi connectivity index (χ3v) is 2.82. The van der Waals surface area contributed by atoms with Crippen molar-refractivity contribution in [3.8, 4) is 0 Å². The Kier molecular flexibility index (Phi) is 4.81. The number of aryl methyl sites for hydroxylation is 2. The van der Waals surface area contributed by atoms with Gasteiger partial charge in [-0.25, -0.2) is 0 Å². The minimum absolute atomic E-state index is 0.274. The quantitative estimate of drug-likeness (QED) is 0.826. The number of hydrogen-bond donors (Lipinski definition) is 1. The van der Waals surface area contributed by atoms with Crippen LogP contribution in [0.5, 0.6) is 0 Å². The molecule has 0 fully saturated rings. The van der Waals surface area contributed by atoms with Gasteiger partial charge in [0.15, 0.2) is 0 Å². The van der Waals surface area contributed by atoms with Gasteiger partial charge in [0.2, 0.25) is 0 Å². The lowest BCUT2D eigenvalue weighted by atomic mass is 10.1. The highest BCUT2D eigenvalue weighted by Crippen LogP contribution is 2.17. The first-order chi connectivity index (χ1) is 7.52. The van der Waals surface area contributed by atoms with Gasteiger partial charge in [0.05, 0.1) is 0 Å². The molecule has 0 radical (unpaired) electrons. The zero-order valence-electron chi connectivity index (χ0n) is 11.0. The van der Waals surface area contributed by atoms with E-state index in [4.69, 9.17) is 5.73 Å². The molecule has 0 aliphatic heterocycles. The van der Waals surface area contributed by atoms with E-state index in [1.165, 1.54) is 16.8 Å². The number of anilines is 1. The van der Waals surface area contributed by atoms with Crippen LogP contribution in [0.3, 0.4) is 0 Å². The maximum atomic E-state index is 6.06. The number of benzene rings is 1. The van der Waals surface area contributed by atoms with E-state index in [9.17, 15) is 0 Å². The summed E-state index contributed by atoms with van der Waals surface area (Å²) < 4.78 is 0. The van der Waals surface area contributed by atoms with Gasteiger partial charge in [-0.2, -0.15) is 0 Å². The Bertz CT molecular complexity index is 313. The standard InChI is InChI=1S/C14H24N2/c1-5-6-13(15)10-16(4)14-8-11(2)7-12(3)9-14/h7-9,13H,5-6,10,15H2,1-4H3. The predicted octanol–water partition coefficient (Wildman–Crippen LogP) is 2.87. The Balaban J connectivity index is 2.68. The lowest BCUT2D eigenvalue weighted by Crippen LogP contribution is -2.35. The second kappa shape index (κ2) is 5.90. The first kappa shape index (κ1) is 13.0. The Morgan fingerprint density at radius 1 is 1.19 bits per heavy atom. The summed E-state index contributed by atoms with van der Waals surface area (Å²) in [7, 11) is 2.11. The molecule has 90 valence electrons. The Morgan fingerprint density at radius 3 is 2.25 bits per heavy atom. The molecular weight excluding hydrogens is 196 g/mol. The van der Waals surface area contributed by atoms with Gasteiger partial charge >= 0.3 is 0 Å². The molecule has 0 amide bonds. The molecule has 0 spiro atoms. The van der Waals surface area contributed by atoms with Gasteiger partial charge < -0.3 is 10.6 Å². The van der Waals surface area contributed by atoms with Gasteiger partial charge in [-0.3, -0.25) is 0 Å². The first-order valence-electron chi connectivity index (χ1n) is 6.08. The first-order valence-corrected chi connectivity index (χ1v) is 6.08. The smallest absolute Gasteiger partial charge is 0.0369 e. The molecule has 16 heavy (non-hydrogen) atoms. The lowest BCUT2D eigenvalue weighted by molar-refractivity contribution is 0.597. The molecular formula is C14H24N2. The highest BCUT2D eigenvalue weighted by Gasteiger charge is 2.07. The van der Waals surface area contributed by atoms with Crippen molar-refractivity contribution in [2.45, 2.75) is 39.7 Å².